The molecule has 2 rings (SSSR count). The molecule has 2 N–H and O–H groups in total. The van der Waals surface area contributed by atoms with Gasteiger partial charge in [0, 0.05) is 31.7 Å². The van der Waals surface area contributed by atoms with Crippen LogP contribution in [0.2, 0.25) is 0 Å². The van der Waals surface area contributed by atoms with E-state index in [2.05, 4.69) is 36.2 Å². The average Bonchev–Trinajstić information content (AvgIpc) is 2.52. The summed E-state index contributed by atoms with van der Waals surface area (Å²) in [6.07, 6.45) is 1.06. The quantitative estimate of drug-likeness (QED) is 0.795. The van der Waals surface area contributed by atoms with Crippen molar-refractivity contribution in [3.63, 3.8) is 0 Å². The van der Waals surface area contributed by atoms with Crippen molar-refractivity contribution in [2.24, 2.45) is 0 Å². The van der Waals surface area contributed by atoms with Gasteiger partial charge in [-0.1, -0.05) is 30.3 Å². The molecule has 4 nitrogen and oxygen atoms in total. The molecule has 1 aliphatic rings. The van der Waals surface area contributed by atoms with Crippen LogP contribution < -0.4 is 5.32 Å². The molecule has 1 heterocycles. The number of hydrogen-bond donors (Lipinski definition) is 2. The van der Waals surface area contributed by atoms with E-state index in [1.807, 2.05) is 18.2 Å². The molecule has 0 saturated carbocycles. The third-order valence-electron chi connectivity index (χ3n) is 4.08. The van der Waals surface area contributed by atoms with Gasteiger partial charge < -0.3 is 15.2 Å². The van der Waals surface area contributed by atoms with Crippen LogP contribution in [0.5, 0.6) is 0 Å². The minimum Gasteiger partial charge on any atom is -0.395 e. The highest BCUT2D eigenvalue weighted by Gasteiger charge is 2.22. The van der Waals surface area contributed by atoms with Crippen LogP contribution in [0.1, 0.15) is 19.4 Å². The second kappa shape index (κ2) is 8.49. The Morgan fingerprint density at radius 1 is 1.33 bits per heavy atom. The van der Waals surface area contributed by atoms with Crippen LogP contribution in [0, 0.1) is 0 Å². The molecule has 2 unspecified atom stereocenters. The highest BCUT2D eigenvalue weighted by Crippen LogP contribution is 2.09. The van der Waals surface area contributed by atoms with Gasteiger partial charge in [0.05, 0.1) is 19.3 Å². The highest BCUT2D eigenvalue weighted by molar-refractivity contribution is 5.15. The summed E-state index contributed by atoms with van der Waals surface area (Å²) < 4.78 is 5.82. The van der Waals surface area contributed by atoms with E-state index in [4.69, 9.17) is 4.74 Å². The van der Waals surface area contributed by atoms with Crippen molar-refractivity contribution < 1.29 is 9.84 Å². The Balaban J connectivity index is 1.77. The molecule has 1 fully saturated rings. The van der Waals surface area contributed by atoms with Crippen LogP contribution in [-0.2, 0) is 11.2 Å². The van der Waals surface area contributed by atoms with Crippen molar-refractivity contribution >= 4 is 0 Å². The average molecular weight is 292 g/mol. The lowest BCUT2D eigenvalue weighted by Gasteiger charge is -2.36. The lowest BCUT2D eigenvalue weighted by atomic mass is 10.1. The Labute approximate surface area is 128 Å². The molecule has 1 aromatic rings. The molecule has 0 amide bonds. The Kier molecular flexibility index (Phi) is 6.64. The molecule has 0 spiro atoms. The molecule has 118 valence electrons. The van der Waals surface area contributed by atoms with Gasteiger partial charge in [-0.05, 0) is 25.8 Å². The van der Waals surface area contributed by atoms with Crippen molar-refractivity contribution in [3.8, 4) is 0 Å². The normalized spacial score (nSPS) is 21.6. The molecule has 0 radical (unpaired) electrons. The maximum Gasteiger partial charge on any atom is 0.0826 e. The summed E-state index contributed by atoms with van der Waals surface area (Å²) in [5, 5.41) is 13.0. The molecule has 1 aromatic carbocycles. The minimum atomic E-state index is 0.0884. The smallest absolute Gasteiger partial charge is 0.0826 e. The molecular weight excluding hydrogens is 264 g/mol. The summed E-state index contributed by atoms with van der Waals surface area (Å²) in [7, 11) is 0. The summed E-state index contributed by atoms with van der Waals surface area (Å²) in [4.78, 5) is 2.45. The van der Waals surface area contributed by atoms with E-state index >= 15 is 0 Å². The highest BCUT2D eigenvalue weighted by atomic mass is 16.5. The summed E-state index contributed by atoms with van der Waals surface area (Å²) in [5.41, 5.74) is 1.25. The zero-order valence-corrected chi connectivity index (χ0v) is 13.2. The van der Waals surface area contributed by atoms with Crippen molar-refractivity contribution in [2.75, 3.05) is 32.8 Å². The van der Waals surface area contributed by atoms with Crippen molar-refractivity contribution in [1.29, 1.82) is 0 Å². The van der Waals surface area contributed by atoms with E-state index in [9.17, 15) is 5.11 Å². The first kappa shape index (κ1) is 16.4. The number of benzene rings is 1. The number of rotatable bonds is 7. The Bertz CT molecular complexity index is 397. The van der Waals surface area contributed by atoms with E-state index in [0.29, 0.717) is 6.04 Å². The molecule has 0 aliphatic carbocycles. The van der Waals surface area contributed by atoms with Gasteiger partial charge >= 0.3 is 0 Å². The summed E-state index contributed by atoms with van der Waals surface area (Å²) in [6, 6.07) is 10.9. The van der Waals surface area contributed by atoms with Crippen LogP contribution in [0.25, 0.3) is 0 Å². The number of morpholine rings is 1. The number of aliphatic hydroxyl groups excluding tert-OH is 1. The second-order valence-electron chi connectivity index (χ2n) is 6.06. The van der Waals surface area contributed by atoms with Gasteiger partial charge in [0.1, 0.15) is 0 Å². The van der Waals surface area contributed by atoms with Gasteiger partial charge in [-0.15, -0.1) is 0 Å². The van der Waals surface area contributed by atoms with Gasteiger partial charge in [-0.25, -0.2) is 0 Å². The van der Waals surface area contributed by atoms with Crippen molar-refractivity contribution in [3.05, 3.63) is 35.9 Å². The molecular formula is C17H28N2O2. The van der Waals surface area contributed by atoms with Crippen LogP contribution in [0.15, 0.2) is 30.3 Å². The van der Waals surface area contributed by atoms with Crippen molar-refractivity contribution in [1.82, 2.24) is 10.2 Å². The fourth-order valence-electron chi connectivity index (χ4n) is 2.73. The van der Waals surface area contributed by atoms with E-state index in [1.54, 1.807) is 0 Å². The van der Waals surface area contributed by atoms with Gasteiger partial charge in [0.15, 0.2) is 0 Å². The zero-order valence-electron chi connectivity index (χ0n) is 13.2. The van der Waals surface area contributed by atoms with Gasteiger partial charge in [0.2, 0.25) is 0 Å². The van der Waals surface area contributed by atoms with Gasteiger partial charge in [-0.3, -0.25) is 4.90 Å². The monoisotopic (exact) mass is 292 g/mol. The molecule has 0 aromatic heterocycles. The Morgan fingerprint density at radius 3 is 2.76 bits per heavy atom. The van der Waals surface area contributed by atoms with Crippen LogP contribution in [0.4, 0.5) is 0 Å². The third kappa shape index (κ3) is 5.40. The number of ether oxygens (including phenoxy) is 1. The molecule has 1 aliphatic heterocycles. The fourth-order valence-corrected chi connectivity index (χ4v) is 2.73. The van der Waals surface area contributed by atoms with Crippen molar-refractivity contribution in [2.45, 2.75) is 38.5 Å². The first-order valence-electron chi connectivity index (χ1n) is 7.93. The first-order chi connectivity index (χ1) is 10.2. The fraction of sp³-hybridized carbons (Fsp3) is 0.647. The maximum absolute atomic E-state index is 9.54. The number of aliphatic hydroxyl groups is 1. The second-order valence-corrected chi connectivity index (χ2v) is 6.06. The molecule has 21 heavy (non-hydrogen) atoms. The summed E-state index contributed by atoms with van der Waals surface area (Å²) >= 11 is 0. The largest absolute Gasteiger partial charge is 0.395 e. The van der Waals surface area contributed by atoms with Crippen LogP contribution in [0.3, 0.4) is 0 Å². The van der Waals surface area contributed by atoms with E-state index in [1.165, 1.54) is 5.56 Å². The predicted molar refractivity (Wildman–Crippen MR) is 85.5 cm³/mol. The zero-order chi connectivity index (χ0) is 15.1. The number of nitrogens with one attached hydrogen (secondary N) is 1. The minimum absolute atomic E-state index is 0.0884. The lowest BCUT2D eigenvalue weighted by Crippen LogP contribution is -2.50. The topological polar surface area (TPSA) is 44.7 Å². The van der Waals surface area contributed by atoms with Gasteiger partial charge in [-0.2, -0.15) is 0 Å². The molecule has 0 bridgehead atoms. The molecule has 4 heteroatoms. The standard InChI is InChI=1S/C17H28N2O2/c1-14(2)19-8-9-21-17(12-19)11-18-16(13-20)10-15-6-4-3-5-7-15/h3-7,14,16-18,20H,8-13H2,1-2H3. The van der Waals surface area contributed by atoms with Gasteiger partial charge in [0.25, 0.3) is 0 Å². The first-order valence-corrected chi connectivity index (χ1v) is 7.93. The van der Waals surface area contributed by atoms with Crippen LogP contribution >= 0.6 is 0 Å². The summed E-state index contributed by atoms with van der Waals surface area (Å²) in [5.74, 6) is 0. The van der Waals surface area contributed by atoms with E-state index in [0.717, 1.165) is 32.7 Å². The Hall–Kier alpha value is -0.940. The van der Waals surface area contributed by atoms with Crippen LogP contribution in [-0.4, -0.2) is 61.0 Å². The van der Waals surface area contributed by atoms with E-state index < -0.39 is 0 Å². The lowest BCUT2D eigenvalue weighted by molar-refractivity contribution is -0.0386. The maximum atomic E-state index is 9.54. The Morgan fingerprint density at radius 2 is 2.10 bits per heavy atom. The number of hydrogen-bond acceptors (Lipinski definition) is 4. The SMILES string of the molecule is CC(C)N1CCOC(CNC(CO)Cc2ccccc2)C1. The summed E-state index contributed by atoms with van der Waals surface area (Å²) in [6.45, 7) is 8.17. The predicted octanol–water partition coefficient (Wildman–Crippen LogP) is 1.29. The molecule has 1 saturated heterocycles. The third-order valence-corrected chi connectivity index (χ3v) is 4.08. The number of nitrogens with zero attached hydrogens (tertiary/aromatic N) is 1. The van der Waals surface area contributed by atoms with E-state index in [-0.39, 0.29) is 18.8 Å². The molecule has 2 atom stereocenters.